The maximum absolute atomic E-state index is 12.6. The Labute approximate surface area is 197 Å². The summed E-state index contributed by atoms with van der Waals surface area (Å²) in [6.45, 7) is 3.17. The number of esters is 1. The molecule has 0 aliphatic heterocycles. The number of sulfonamides is 1. The van der Waals surface area contributed by atoms with Gasteiger partial charge in [-0.1, -0.05) is 37.3 Å². The van der Waals surface area contributed by atoms with Crippen molar-refractivity contribution in [2.24, 2.45) is 0 Å². The molecular weight excluding hydrogens is 462 g/mol. The molecule has 33 heavy (non-hydrogen) atoms. The number of benzene rings is 2. The molecule has 1 aromatic heterocycles. The zero-order chi connectivity index (χ0) is 24.0. The van der Waals surface area contributed by atoms with E-state index in [4.69, 9.17) is 9.47 Å². The smallest absolute Gasteiger partial charge is 0.344 e. The summed E-state index contributed by atoms with van der Waals surface area (Å²) in [6, 6.07) is 16.7. The lowest BCUT2D eigenvalue weighted by molar-refractivity contribution is -0.148. The average molecular weight is 488 g/mol. The number of carbonyl (C=O) groups is 2. The van der Waals surface area contributed by atoms with Crippen LogP contribution in [0.4, 0.5) is 5.69 Å². The van der Waals surface area contributed by atoms with Crippen molar-refractivity contribution < 1.29 is 27.5 Å². The van der Waals surface area contributed by atoms with Crippen molar-refractivity contribution in [1.29, 1.82) is 0 Å². The number of rotatable bonds is 10. The number of ketones is 1. The molecular formula is C24H25NO6S2. The first kappa shape index (κ1) is 24.5. The molecule has 0 amide bonds. The van der Waals surface area contributed by atoms with Crippen molar-refractivity contribution in [1.82, 2.24) is 0 Å². The number of hydrogen-bond donors (Lipinski definition) is 0. The van der Waals surface area contributed by atoms with Crippen molar-refractivity contribution in [3.63, 3.8) is 0 Å². The number of hydrogen-bond acceptors (Lipinski definition) is 7. The van der Waals surface area contributed by atoms with E-state index in [2.05, 4.69) is 0 Å². The van der Waals surface area contributed by atoms with Crippen LogP contribution < -0.4 is 9.04 Å². The van der Waals surface area contributed by atoms with Gasteiger partial charge in [0.05, 0.1) is 5.69 Å². The van der Waals surface area contributed by atoms with E-state index >= 15 is 0 Å². The summed E-state index contributed by atoms with van der Waals surface area (Å²) < 4.78 is 37.2. The second-order valence-electron chi connectivity index (χ2n) is 7.23. The van der Waals surface area contributed by atoms with Gasteiger partial charge >= 0.3 is 5.97 Å². The molecule has 0 fully saturated rings. The molecule has 174 valence electrons. The Morgan fingerprint density at radius 3 is 2.27 bits per heavy atom. The van der Waals surface area contributed by atoms with E-state index in [0.717, 1.165) is 23.3 Å². The predicted octanol–water partition coefficient (Wildman–Crippen LogP) is 4.33. The molecule has 0 bridgehead atoms. The highest BCUT2D eigenvalue weighted by atomic mass is 32.2. The molecule has 1 atom stereocenters. The summed E-state index contributed by atoms with van der Waals surface area (Å²) in [4.78, 5) is 24.6. The maximum Gasteiger partial charge on any atom is 0.344 e. The van der Waals surface area contributed by atoms with E-state index in [1.54, 1.807) is 53.9 Å². The van der Waals surface area contributed by atoms with Crippen molar-refractivity contribution in [3.8, 4) is 5.75 Å². The van der Waals surface area contributed by atoms with Crippen LogP contribution in [0.1, 0.15) is 29.8 Å². The molecule has 1 unspecified atom stereocenters. The first-order chi connectivity index (χ1) is 15.7. The topological polar surface area (TPSA) is 90.0 Å². The van der Waals surface area contributed by atoms with Gasteiger partial charge in [-0.3, -0.25) is 9.10 Å². The van der Waals surface area contributed by atoms with Gasteiger partial charge in [-0.25, -0.2) is 13.2 Å². The summed E-state index contributed by atoms with van der Waals surface area (Å²) in [5.41, 5.74) is 2.04. The van der Waals surface area contributed by atoms with Gasteiger partial charge in [0.1, 0.15) is 9.96 Å². The Kier molecular flexibility index (Phi) is 7.88. The maximum atomic E-state index is 12.6. The molecule has 0 aliphatic carbocycles. The number of Topliss-reactive ketones (excluding diaryl/α,β-unsaturated/α-hetero) is 1. The van der Waals surface area contributed by atoms with Crippen molar-refractivity contribution >= 4 is 38.8 Å². The van der Waals surface area contributed by atoms with Gasteiger partial charge < -0.3 is 9.47 Å². The second kappa shape index (κ2) is 10.6. The molecule has 2 aromatic carbocycles. The zero-order valence-electron chi connectivity index (χ0n) is 18.6. The minimum absolute atomic E-state index is 0.248. The third-order valence-electron chi connectivity index (χ3n) is 4.99. The fraction of sp³-hybridized carbons (Fsp3) is 0.250. The Bertz CT molecular complexity index is 1190. The number of ether oxygens (including phenoxy) is 2. The van der Waals surface area contributed by atoms with E-state index in [1.807, 2.05) is 19.1 Å². The lowest BCUT2D eigenvalue weighted by Crippen LogP contribution is -2.27. The second-order valence-corrected chi connectivity index (χ2v) is 10.4. The Morgan fingerprint density at radius 1 is 1.03 bits per heavy atom. The molecule has 3 rings (SSSR count). The van der Waals surface area contributed by atoms with Gasteiger partial charge in [-0.15, -0.1) is 11.3 Å². The Balaban J connectivity index is 1.53. The van der Waals surface area contributed by atoms with Crippen LogP contribution in [0.2, 0.25) is 0 Å². The van der Waals surface area contributed by atoms with Gasteiger partial charge in [0.25, 0.3) is 10.0 Å². The van der Waals surface area contributed by atoms with E-state index in [0.29, 0.717) is 17.0 Å². The molecule has 3 aromatic rings. The molecule has 0 N–H and O–H groups in total. The normalized spacial score (nSPS) is 12.1. The monoisotopic (exact) mass is 487 g/mol. The fourth-order valence-electron chi connectivity index (χ4n) is 3.00. The van der Waals surface area contributed by atoms with Gasteiger partial charge in [0.15, 0.2) is 12.7 Å². The molecule has 1 heterocycles. The average Bonchev–Trinajstić information content (AvgIpc) is 3.38. The van der Waals surface area contributed by atoms with Crippen molar-refractivity contribution in [2.45, 2.75) is 30.6 Å². The van der Waals surface area contributed by atoms with Gasteiger partial charge in [-0.2, -0.15) is 0 Å². The van der Waals surface area contributed by atoms with E-state index in [-0.39, 0.29) is 16.6 Å². The van der Waals surface area contributed by atoms with Crippen LogP contribution in [0, 0.1) is 0 Å². The summed E-state index contributed by atoms with van der Waals surface area (Å²) in [7, 11) is -2.16. The molecule has 9 heteroatoms. The van der Waals surface area contributed by atoms with Crippen LogP contribution in [-0.2, 0) is 26.0 Å². The minimum Gasteiger partial charge on any atom is -0.482 e. The van der Waals surface area contributed by atoms with Crippen molar-refractivity contribution in [2.75, 3.05) is 18.0 Å². The van der Waals surface area contributed by atoms with E-state index in [1.165, 1.54) is 18.3 Å². The minimum atomic E-state index is -3.63. The highest BCUT2D eigenvalue weighted by molar-refractivity contribution is 7.94. The van der Waals surface area contributed by atoms with Gasteiger partial charge in [0.2, 0.25) is 5.78 Å². The number of carbonyl (C=O) groups excluding carboxylic acids is 2. The van der Waals surface area contributed by atoms with Gasteiger partial charge in [-0.05, 0) is 54.6 Å². The lowest BCUT2D eigenvalue weighted by atomic mass is 10.0. The number of aryl methyl sites for hydroxylation is 1. The van der Waals surface area contributed by atoms with E-state index in [9.17, 15) is 18.0 Å². The Morgan fingerprint density at radius 2 is 1.70 bits per heavy atom. The quantitative estimate of drug-likeness (QED) is 0.312. The van der Waals surface area contributed by atoms with Crippen LogP contribution in [0.3, 0.4) is 0 Å². The summed E-state index contributed by atoms with van der Waals surface area (Å²) in [5.74, 6) is -0.598. The van der Waals surface area contributed by atoms with Crippen molar-refractivity contribution in [3.05, 3.63) is 77.2 Å². The molecule has 0 radical (unpaired) electrons. The molecule has 7 nitrogen and oxygen atoms in total. The van der Waals surface area contributed by atoms with Crippen LogP contribution >= 0.6 is 11.3 Å². The molecule has 0 saturated heterocycles. The van der Waals surface area contributed by atoms with E-state index < -0.39 is 22.1 Å². The summed E-state index contributed by atoms with van der Waals surface area (Å²) >= 11 is 1.14. The summed E-state index contributed by atoms with van der Waals surface area (Å²) in [5, 5.41) is 1.70. The number of nitrogens with zero attached hydrogens (tertiary/aromatic N) is 1. The zero-order valence-corrected chi connectivity index (χ0v) is 20.2. The highest BCUT2D eigenvalue weighted by Crippen LogP contribution is 2.26. The lowest BCUT2D eigenvalue weighted by Gasteiger charge is -2.18. The first-order valence-corrected chi connectivity index (χ1v) is 12.6. The van der Waals surface area contributed by atoms with Gasteiger partial charge in [0, 0.05) is 12.6 Å². The SMILES string of the molecule is CCc1ccc(C(=O)C(C)OC(=O)COc2ccc(N(C)S(=O)(=O)c3cccs3)cc2)cc1. The third kappa shape index (κ3) is 6.00. The molecule has 0 aliphatic rings. The highest BCUT2D eigenvalue weighted by Gasteiger charge is 2.22. The van der Waals surface area contributed by atoms with Crippen LogP contribution in [0.15, 0.2) is 70.3 Å². The third-order valence-corrected chi connectivity index (χ3v) is 8.15. The Hall–Kier alpha value is -3.17. The molecule has 0 spiro atoms. The van der Waals surface area contributed by atoms with Crippen LogP contribution in [-0.4, -0.2) is 39.9 Å². The standard InChI is InChI=1S/C24H25NO6S2/c1-4-18-7-9-19(10-8-18)24(27)17(2)31-22(26)16-30-21-13-11-20(12-14-21)25(3)33(28,29)23-6-5-15-32-23/h5-15,17H,4,16H2,1-3H3. The van der Waals surface area contributed by atoms with Crippen LogP contribution in [0.25, 0.3) is 0 Å². The number of anilines is 1. The van der Waals surface area contributed by atoms with Crippen LogP contribution in [0.5, 0.6) is 5.75 Å². The number of thiophene rings is 1. The molecule has 0 saturated carbocycles. The predicted molar refractivity (Wildman–Crippen MR) is 128 cm³/mol. The first-order valence-electron chi connectivity index (χ1n) is 10.3. The summed E-state index contributed by atoms with van der Waals surface area (Å²) in [6.07, 6.45) is -0.0648. The fourth-order valence-corrected chi connectivity index (χ4v) is 5.36. The largest absolute Gasteiger partial charge is 0.482 e.